The van der Waals surface area contributed by atoms with E-state index >= 15 is 0 Å². The van der Waals surface area contributed by atoms with Crippen LogP contribution < -0.4 is 0 Å². The molecule has 3 aromatic rings. The number of hydrogen-bond acceptors (Lipinski definition) is 4. The molecule has 6 heteroatoms. The first kappa shape index (κ1) is 15.6. The third-order valence-electron chi connectivity index (χ3n) is 3.22. The lowest BCUT2D eigenvalue weighted by Crippen LogP contribution is -1.83. The number of aliphatic imine (C=N–C) groups is 1. The minimum Gasteiger partial charge on any atom is -0.479 e. The molecule has 4 nitrogen and oxygen atoms in total. The Morgan fingerprint density at radius 1 is 1.13 bits per heavy atom. The Hall–Kier alpha value is -2.30. The largest absolute Gasteiger partial charge is 0.479 e. The zero-order valence-corrected chi connectivity index (χ0v) is 13.6. The number of aromatic nitrogens is 1. The van der Waals surface area contributed by atoms with Gasteiger partial charge in [0.05, 0.1) is 11.9 Å². The molecule has 23 heavy (non-hydrogen) atoms. The van der Waals surface area contributed by atoms with E-state index in [4.69, 9.17) is 27.6 Å². The zero-order chi connectivity index (χ0) is 16.4. The maximum Gasteiger partial charge on any atom is 0.312 e. The van der Waals surface area contributed by atoms with E-state index in [-0.39, 0.29) is 11.6 Å². The fourth-order valence-corrected chi connectivity index (χ4v) is 2.22. The number of oxazole rings is 1. The summed E-state index contributed by atoms with van der Waals surface area (Å²) in [4.78, 5) is 8.47. The molecule has 1 heterocycles. The van der Waals surface area contributed by atoms with Gasteiger partial charge in [-0.05, 0) is 48.9 Å². The van der Waals surface area contributed by atoms with Crippen molar-refractivity contribution >= 4 is 35.1 Å². The monoisotopic (exact) mass is 346 g/mol. The zero-order valence-electron chi connectivity index (χ0n) is 12.1. The molecule has 0 saturated carbocycles. The van der Waals surface area contributed by atoms with Crippen molar-refractivity contribution in [1.82, 2.24) is 4.98 Å². The van der Waals surface area contributed by atoms with Crippen LogP contribution in [0.1, 0.15) is 11.3 Å². The first-order valence-electron chi connectivity index (χ1n) is 6.79. The van der Waals surface area contributed by atoms with E-state index in [0.717, 1.165) is 5.56 Å². The van der Waals surface area contributed by atoms with Crippen molar-refractivity contribution in [3.63, 3.8) is 0 Å². The highest BCUT2D eigenvalue weighted by molar-refractivity contribution is 6.31. The third-order valence-corrected chi connectivity index (χ3v) is 3.88. The van der Waals surface area contributed by atoms with Gasteiger partial charge in [0.2, 0.25) is 5.89 Å². The molecule has 0 atom stereocenters. The summed E-state index contributed by atoms with van der Waals surface area (Å²) in [5.74, 6) is -0.000496. The van der Waals surface area contributed by atoms with Crippen molar-refractivity contribution in [1.29, 1.82) is 0 Å². The van der Waals surface area contributed by atoms with Gasteiger partial charge in [-0.15, -0.1) is 0 Å². The van der Waals surface area contributed by atoms with Crippen molar-refractivity contribution in [3.8, 4) is 17.4 Å². The average Bonchev–Trinajstić information content (AvgIpc) is 2.90. The fraction of sp³-hybridized carbons (Fsp3) is 0.0588. The highest BCUT2D eigenvalue weighted by Gasteiger charge is 2.12. The van der Waals surface area contributed by atoms with Gasteiger partial charge >= 0.3 is 5.95 Å². The Balaban J connectivity index is 1.87. The number of benzene rings is 2. The summed E-state index contributed by atoms with van der Waals surface area (Å²) in [6.07, 6.45) is 1.43. The van der Waals surface area contributed by atoms with Crippen LogP contribution in [0.2, 0.25) is 10.0 Å². The summed E-state index contributed by atoms with van der Waals surface area (Å²) in [6, 6.07) is 12.4. The third kappa shape index (κ3) is 3.55. The van der Waals surface area contributed by atoms with Crippen LogP contribution in [-0.4, -0.2) is 16.3 Å². The molecule has 0 saturated heterocycles. The lowest BCUT2D eigenvalue weighted by molar-refractivity contribution is 0.337. The second-order valence-electron chi connectivity index (χ2n) is 4.91. The van der Waals surface area contributed by atoms with E-state index < -0.39 is 0 Å². The number of aryl methyl sites for hydroxylation is 1. The Labute approximate surface area is 143 Å². The van der Waals surface area contributed by atoms with Gasteiger partial charge in [-0.3, -0.25) is 4.99 Å². The number of rotatable bonds is 3. The van der Waals surface area contributed by atoms with Crippen molar-refractivity contribution < 1.29 is 9.52 Å². The van der Waals surface area contributed by atoms with Crippen LogP contribution in [0.3, 0.4) is 0 Å². The lowest BCUT2D eigenvalue weighted by atomic mass is 10.2. The van der Waals surface area contributed by atoms with Crippen LogP contribution in [0, 0.1) is 6.92 Å². The van der Waals surface area contributed by atoms with Crippen LogP contribution in [0.5, 0.6) is 5.95 Å². The van der Waals surface area contributed by atoms with E-state index in [2.05, 4.69) is 9.98 Å². The number of nitrogens with zero attached hydrogens (tertiary/aromatic N) is 2. The molecule has 1 aromatic heterocycles. The van der Waals surface area contributed by atoms with E-state index in [9.17, 15) is 5.11 Å². The Kier molecular flexibility index (Phi) is 4.37. The maximum atomic E-state index is 9.85. The van der Waals surface area contributed by atoms with Crippen LogP contribution in [0.15, 0.2) is 51.9 Å². The molecule has 116 valence electrons. The van der Waals surface area contributed by atoms with Gasteiger partial charge in [-0.2, -0.15) is 0 Å². The van der Waals surface area contributed by atoms with Crippen molar-refractivity contribution in [2.45, 2.75) is 6.92 Å². The van der Waals surface area contributed by atoms with Crippen molar-refractivity contribution in [3.05, 3.63) is 63.8 Å². The molecule has 0 aliphatic rings. The molecular formula is C17H12Cl2N2O2. The Morgan fingerprint density at radius 3 is 2.57 bits per heavy atom. The lowest BCUT2D eigenvalue weighted by Gasteiger charge is -1.97. The van der Waals surface area contributed by atoms with Crippen molar-refractivity contribution in [2.75, 3.05) is 0 Å². The van der Waals surface area contributed by atoms with Gasteiger partial charge < -0.3 is 9.52 Å². The van der Waals surface area contributed by atoms with E-state index in [1.165, 1.54) is 6.21 Å². The second-order valence-corrected chi connectivity index (χ2v) is 5.75. The van der Waals surface area contributed by atoms with E-state index in [0.29, 0.717) is 27.2 Å². The number of hydrogen-bond donors (Lipinski definition) is 1. The molecule has 0 bridgehead atoms. The molecule has 0 aliphatic carbocycles. The molecule has 0 spiro atoms. The number of halogens is 2. The van der Waals surface area contributed by atoms with Crippen LogP contribution in [0.25, 0.3) is 11.5 Å². The molecule has 0 amide bonds. The quantitative estimate of drug-likeness (QED) is 0.644. The highest BCUT2D eigenvalue weighted by Crippen LogP contribution is 2.27. The predicted octanol–water partition coefficient (Wildman–Crippen LogP) is 5.41. The van der Waals surface area contributed by atoms with Gasteiger partial charge in [0.15, 0.2) is 5.69 Å². The Bertz CT molecular complexity index is 871. The molecule has 0 fully saturated rings. The maximum absolute atomic E-state index is 9.85. The predicted molar refractivity (Wildman–Crippen MR) is 92.1 cm³/mol. The summed E-state index contributed by atoms with van der Waals surface area (Å²) in [7, 11) is 0. The SMILES string of the molecule is Cc1ccc(N=Cc2nc(-c3ccc(Cl)cc3)oc2O)cc1Cl. The minimum absolute atomic E-state index is 0.242. The van der Waals surface area contributed by atoms with Gasteiger partial charge in [-0.25, -0.2) is 4.98 Å². The van der Waals surface area contributed by atoms with Gasteiger partial charge in [0, 0.05) is 15.6 Å². The normalized spacial score (nSPS) is 11.3. The molecule has 1 N–H and O–H groups in total. The van der Waals surface area contributed by atoms with Gasteiger partial charge in [0.1, 0.15) is 0 Å². The first-order valence-corrected chi connectivity index (χ1v) is 7.54. The van der Waals surface area contributed by atoms with Crippen molar-refractivity contribution in [2.24, 2.45) is 4.99 Å². The topological polar surface area (TPSA) is 58.6 Å². The molecule has 3 rings (SSSR count). The highest BCUT2D eigenvalue weighted by atomic mass is 35.5. The average molecular weight is 347 g/mol. The van der Waals surface area contributed by atoms with Crippen LogP contribution >= 0.6 is 23.2 Å². The van der Waals surface area contributed by atoms with Gasteiger partial charge in [-0.1, -0.05) is 29.3 Å². The Morgan fingerprint density at radius 2 is 1.87 bits per heavy atom. The minimum atomic E-state index is -0.295. The fourth-order valence-electron chi connectivity index (χ4n) is 1.92. The molecule has 0 radical (unpaired) electrons. The number of aromatic hydroxyl groups is 1. The molecular weight excluding hydrogens is 335 g/mol. The van der Waals surface area contributed by atoms with Crippen LogP contribution in [-0.2, 0) is 0 Å². The van der Waals surface area contributed by atoms with Crippen LogP contribution in [0.4, 0.5) is 5.69 Å². The summed E-state index contributed by atoms with van der Waals surface area (Å²) in [6.45, 7) is 1.91. The van der Waals surface area contributed by atoms with E-state index in [1.807, 2.05) is 19.1 Å². The first-order chi connectivity index (χ1) is 11.0. The summed E-state index contributed by atoms with van der Waals surface area (Å²) < 4.78 is 5.26. The van der Waals surface area contributed by atoms with E-state index in [1.54, 1.807) is 30.3 Å². The second kappa shape index (κ2) is 6.44. The summed E-state index contributed by atoms with van der Waals surface area (Å²) >= 11 is 11.9. The summed E-state index contributed by atoms with van der Waals surface area (Å²) in [5.41, 5.74) is 2.59. The summed E-state index contributed by atoms with van der Waals surface area (Å²) in [5, 5.41) is 11.1. The van der Waals surface area contributed by atoms with Gasteiger partial charge in [0.25, 0.3) is 0 Å². The molecule has 0 unspecified atom stereocenters. The molecule has 2 aromatic carbocycles. The standard InChI is InChI=1S/C17H12Cl2N2O2/c1-10-2-7-13(8-14(10)19)20-9-15-17(22)23-16(21-15)11-3-5-12(18)6-4-11/h2-9,22H,1H3. The molecule has 0 aliphatic heterocycles. The smallest absolute Gasteiger partial charge is 0.312 e.